The summed E-state index contributed by atoms with van der Waals surface area (Å²) in [5, 5.41) is 10.1. The molecule has 2 heterocycles. The standard InChI is InChI=1S/C25H30FN3O5S/c1-2-27-13-15-28(16-14-27)12-11-18-7-3-6-10-22(18)35(32,33)29(26)25(24(30)31)20-17-34-21-9-5-4-8-19(21)23(20)25/h3-10,20,23H,2,11-17H2,1H3,(H,30,31)/t20-,23-,25?/m0/s1. The number of ether oxygens (including phenoxy) is 1. The van der Waals surface area contributed by atoms with Crippen LogP contribution in [0.5, 0.6) is 5.75 Å². The minimum atomic E-state index is -4.73. The number of benzene rings is 2. The molecule has 2 aliphatic heterocycles. The van der Waals surface area contributed by atoms with Gasteiger partial charge in [0.15, 0.2) is 5.54 Å². The summed E-state index contributed by atoms with van der Waals surface area (Å²) in [5.74, 6) is -2.67. The van der Waals surface area contributed by atoms with Gasteiger partial charge in [-0.05, 0) is 35.2 Å². The van der Waals surface area contributed by atoms with Crippen LogP contribution in [-0.2, 0) is 21.2 Å². The van der Waals surface area contributed by atoms with E-state index in [1.54, 1.807) is 36.4 Å². The molecule has 188 valence electrons. The smallest absolute Gasteiger partial charge is 0.329 e. The second-order valence-electron chi connectivity index (χ2n) is 9.42. The fourth-order valence-corrected chi connectivity index (χ4v) is 7.28. The van der Waals surface area contributed by atoms with E-state index >= 15 is 4.48 Å². The number of rotatable bonds is 8. The van der Waals surface area contributed by atoms with Gasteiger partial charge in [0, 0.05) is 50.1 Å². The van der Waals surface area contributed by atoms with E-state index in [2.05, 4.69) is 16.7 Å². The van der Waals surface area contributed by atoms with Crippen LogP contribution in [0.4, 0.5) is 4.48 Å². The van der Waals surface area contributed by atoms with Gasteiger partial charge in [0.25, 0.3) is 10.0 Å². The first kappa shape index (κ1) is 24.2. The summed E-state index contributed by atoms with van der Waals surface area (Å²) in [6.07, 6.45) is 0.425. The van der Waals surface area contributed by atoms with Crippen molar-refractivity contribution in [3.05, 3.63) is 59.7 Å². The summed E-state index contributed by atoms with van der Waals surface area (Å²) in [5.41, 5.74) is -1.23. The van der Waals surface area contributed by atoms with Crippen LogP contribution in [0, 0.1) is 5.92 Å². The van der Waals surface area contributed by atoms with Crippen LogP contribution >= 0.6 is 0 Å². The highest BCUT2D eigenvalue weighted by Gasteiger charge is 2.79. The molecule has 8 nitrogen and oxygen atoms in total. The van der Waals surface area contributed by atoms with Crippen molar-refractivity contribution in [2.24, 2.45) is 5.92 Å². The highest BCUT2D eigenvalue weighted by atomic mass is 32.2. The number of carboxylic acids is 1. The number of hydrogen-bond acceptors (Lipinski definition) is 6. The Morgan fingerprint density at radius 1 is 1.11 bits per heavy atom. The van der Waals surface area contributed by atoms with E-state index in [0.717, 1.165) is 32.7 Å². The van der Waals surface area contributed by atoms with Gasteiger partial charge in [0.05, 0.1) is 11.5 Å². The highest BCUT2D eigenvalue weighted by molar-refractivity contribution is 7.89. The fraction of sp³-hybridized carbons (Fsp3) is 0.480. The number of fused-ring (bicyclic) bond motifs is 3. The van der Waals surface area contributed by atoms with Crippen LogP contribution in [-0.4, -0.2) is 85.2 Å². The van der Waals surface area contributed by atoms with Crippen molar-refractivity contribution in [2.45, 2.75) is 29.7 Å². The molecular formula is C25H30FN3O5S. The zero-order valence-electron chi connectivity index (χ0n) is 19.6. The lowest BCUT2D eigenvalue weighted by molar-refractivity contribution is -0.149. The summed E-state index contributed by atoms with van der Waals surface area (Å²) in [7, 11) is -4.73. The summed E-state index contributed by atoms with van der Waals surface area (Å²) in [6.45, 7) is 7.42. The van der Waals surface area contributed by atoms with Gasteiger partial charge in [0.2, 0.25) is 0 Å². The van der Waals surface area contributed by atoms with Crippen LogP contribution in [0.15, 0.2) is 53.4 Å². The lowest BCUT2D eigenvalue weighted by atomic mass is 10.0. The molecule has 35 heavy (non-hydrogen) atoms. The molecule has 0 spiro atoms. The van der Waals surface area contributed by atoms with Gasteiger partial charge in [-0.15, -0.1) is 4.48 Å². The largest absolute Gasteiger partial charge is 0.493 e. The number of piperazine rings is 1. The Hall–Kier alpha value is -2.53. The number of likely N-dealkylation sites (N-methyl/N-ethyl adjacent to an activating group) is 1. The van der Waals surface area contributed by atoms with E-state index in [1.807, 2.05) is 0 Å². The Kier molecular flexibility index (Phi) is 6.33. The number of nitrogens with zero attached hydrogens (tertiary/aromatic N) is 3. The van der Waals surface area contributed by atoms with Crippen molar-refractivity contribution < 1.29 is 27.5 Å². The third-order valence-corrected chi connectivity index (χ3v) is 9.39. The summed E-state index contributed by atoms with van der Waals surface area (Å²) < 4.78 is 48.4. The predicted octanol–water partition coefficient (Wildman–Crippen LogP) is 2.37. The molecule has 10 heteroatoms. The molecule has 1 saturated heterocycles. The summed E-state index contributed by atoms with van der Waals surface area (Å²) in [4.78, 5) is 16.9. The van der Waals surface area contributed by atoms with E-state index in [1.165, 1.54) is 12.1 Å². The van der Waals surface area contributed by atoms with E-state index in [9.17, 15) is 18.3 Å². The first-order valence-electron chi connectivity index (χ1n) is 12.0. The minimum Gasteiger partial charge on any atom is -0.493 e. The van der Waals surface area contributed by atoms with E-state index in [-0.39, 0.29) is 11.5 Å². The van der Waals surface area contributed by atoms with Crippen molar-refractivity contribution in [2.75, 3.05) is 45.9 Å². The lowest BCUT2D eigenvalue weighted by Crippen LogP contribution is -2.47. The molecule has 0 bridgehead atoms. The Morgan fingerprint density at radius 2 is 1.77 bits per heavy atom. The maximum atomic E-state index is 16.0. The number of sulfonamides is 1. The molecule has 1 N–H and O–H groups in total. The molecular weight excluding hydrogens is 473 g/mol. The normalized spacial score (nSPS) is 26.6. The average Bonchev–Trinajstić information content (AvgIpc) is 3.58. The molecule has 2 aromatic carbocycles. The molecule has 0 aromatic heterocycles. The van der Waals surface area contributed by atoms with Gasteiger partial charge < -0.3 is 19.6 Å². The lowest BCUT2D eigenvalue weighted by Gasteiger charge is -2.34. The van der Waals surface area contributed by atoms with Crippen molar-refractivity contribution >= 4 is 16.0 Å². The molecule has 1 unspecified atom stereocenters. The van der Waals surface area contributed by atoms with Crippen molar-refractivity contribution in [1.29, 1.82) is 0 Å². The van der Waals surface area contributed by atoms with Crippen molar-refractivity contribution in [1.82, 2.24) is 14.3 Å². The number of carbonyl (C=O) groups is 1. The van der Waals surface area contributed by atoms with Gasteiger partial charge in [-0.25, -0.2) is 8.42 Å². The minimum absolute atomic E-state index is 0.0602. The fourth-order valence-electron chi connectivity index (χ4n) is 5.63. The van der Waals surface area contributed by atoms with Crippen LogP contribution in [0.1, 0.15) is 24.0 Å². The molecule has 1 aliphatic carbocycles. The van der Waals surface area contributed by atoms with Crippen LogP contribution in [0.3, 0.4) is 0 Å². The number of hydrogen-bond donors (Lipinski definition) is 1. The van der Waals surface area contributed by atoms with Crippen LogP contribution in [0.2, 0.25) is 0 Å². The van der Waals surface area contributed by atoms with E-state index < -0.39 is 37.9 Å². The Labute approximate surface area is 204 Å². The summed E-state index contributed by atoms with van der Waals surface area (Å²) >= 11 is 0. The second-order valence-corrected chi connectivity index (χ2v) is 11.1. The van der Waals surface area contributed by atoms with Gasteiger partial charge in [-0.1, -0.05) is 43.3 Å². The van der Waals surface area contributed by atoms with Gasteiger partial charge in [-0.3, -0.25) is 4.79 Å². The number of halogens is 1. The van der Waals surface area contributed by atoms with E-state index in [0.29, 0.717) is 29.8 Å². The Bertz CT molecular complexity index is 1220. The topological polar surface area (TPSA) is 90.4 Å². The average molecular weight is 504 g/mol. The molecule has 3 aliphatic rings. The van der Waals surface area contributed by atoms with Crippen molar-refractivity contribution in [3.63, 3.8) is 0 Å². The van der Waals surface area contributed by atoms with Crippen LogP contribution in [0.25, 0.3) is 0 Å². The zero-order valence-corrected chi connectivity index (χ0v) is 20.5. The van der Waals surface area contributed by atoms with Crippen molar-refractivity contribution in [3.8, 4) is 5.75 Å². The maximum Gasteiger partial charge on any atom is 0.329 e. The predicted molar refractivity (Wildman–Crippen MR) is 127 cm³/mol. The summed E-state index contributed by atoms with van der Waals surface area (Å²) in [6, 6.07) is 13.1. The Morgan fingerprint density at radius 3 is 2.49 bits per heavy atom. The molecule has 2 aromatic rings. The number of para-hydroxylation sites is 1. The molecule has 0 radical (unpaired) electrons. The maximum absolute atomic E-state index is 16.0. The zero-order chi connectivity index (χ0) is 24.8. The molecule has 1 saturated carbocycles. The molecule has 3 atom stereocenters. The highest BCUT2D eigenvalue weighted by Crippen LogP contribution is 2.66. The molecule has 2 fully saturated rings. The molecule has 5 rings (SSSR count). The SMILES string of the molecule is CCN1CCN(CCc2ccccc2S(=O)(=O)N(F)C2(C(=O)O)[C@H]3COc4ccccc4[C@@H]32)CC1. The quantitative estimate of drug-likeness (QED) is 0.553. The van der Waals surface area contributed by atoms with Gasteiger partial charge >= 0.3 is 5.97 Å². The number of carboxylic acid groups (broad SMARTS) is 1. The number of aliphatic carboxylic acids is 1. The molecule has 0 amide bonds. The Balaban J connectivity index is 1.41. The van der Waals surface area contributed by atoms with Gasteiger partial charge in [-0.2, -0.15) is 0 Å². The monoisotopic (exact) mass is 503 g/mol. The third kappa shape index (κ3) is 3.92. The third-order valence-electron chi connectivity index (χ3n) is 7.71. The first-order valence-corrected chi connectivity index (χ1v) is 13.4. The van der Waals surface area contributed by atoms with E-state index in [4.69, 9.17) is 4.74 Å². The first-order chi connectivity index (χ1) is 16.8. The second kappa shape index (κ2) is 9.16. The van der Waals surface area contributed by atoms with Crippen LogP contribution < -0.4 is 4.74 Å². The van der Waals surface area contributed by atoms with Gasteiger partial charge in [0.1, 0.15) is 5.75 Å².